The zero-order chi connectivity index (χ0) is 12.5. The predicted octanol–water partition coefficient (Wildman–Crippen LogP) is 3.71. The number of rotatable bonds is 2. The van der Waals surface area contributed by atoms with Crippen LogP contribution in [-0.4, -0.2) is 11.0 Å². The number of benzene rings is 1. The van der Waals surface area contributed by atoms with E-state index >= 15 is 0 Å². The molecule has 0 radical (unpaired) electrons. The molecule has 1 aromatic heterocycles. The second kappa shape index (κ2) is 4.61. The number of nitrogens with one attached hydrogen (secondary N) is 1. The quantitative estimate of drug-likeness (QED) is 0.657. The van der Waals surface area contributed by atoms with E-state index in [0.717, 1.165) is 39.6 Å². The molecule has 0 saturated carbocycles. The largest absolute Gasteiger partial charge is 0.398 e. The van der Waals surface area contributed by atoms with E-state index in [-0.39, 0.29) is 0 Å². The van der Waals surface area contributed by atoms with Gasteiger partial charge in [0.25, 0.3) is 0 Å². The number of nitrogens with two attached hydrogens (primary N) is 1. The van der Waals surface area contributed by atoms with Crippen LogP contribution >= 0.6 is 15.9 Å². The van der Waals surface area contributed by atoms with Crippen molar-refractivity contribution in [1.82, 2.24) is 4.98 Å². The lowest BCUT2D eigenvalue weighted by Crippen LogP contribution is -2.15. The molecule has 92 valence electrons. The van der Waals surface area contributed by atoms with Crippen LogP contribution in [0.3, 0.4) is 0 Å². The lowest BCUT2D eigenvalue weighted by Gasteiger charge is -2.16. The van der Waals surface area contributed by atoms with E-state index in [1.807, 2.05) is 18.2 Å². The van der Waals surface area contributed by atoms with Crippen molar-refractivity contribution in [2.24, 2.45) is 0 Å². The molecule has 1 aromatic carbocycles. The highest BCUT2D eigenvalue weighted by atomic mass is 79.9. The molecular weight excluding hydrogens is 290 g/mol. The number of pyridine rings is 1. The molecule has 3 N–H and O–H groups in total. The van der Waals surface area contributed by atoms with Crippen molar-refractivity contribution in [1.29, 1.82) is 0 Å². The number of fused-ring (bicyclic) bond motifs is 1. The number of anilines is 2. The Balaban J connectivity index is 2.04. The first-order chi connectivity index (χ1) is 8.74. The van der Waals surface area contributed by atoms with Crippen LogP contribution in [0, 0.1) is 0 Å². The van der Waals surface area contributed by atoms with Gasteiger partial charge in [-0.2, -0.15) is 0 Å². The molecule has 0 spiro atoms. The summed E-state index contributed by atoms with van der Waals surface area (Å²) in [4.78, 5) is 4.47. The van der Waals surface area contributed by atoms with Gasteiger partial charge >= 0.3 is 0 Å². The van der Waals surface area contributed by atoms with Crippen molar-refractivity contribution >= 4 is 38.2 Å². The molecule has 0 saturated heterocycles. The number of hydrogen-bond donors (Lipinski definition) is 2. The Labute approximate surface area is 114 Å². The van der Waals surface area contributed by atoms with Crippen LogP contribution < -0.4 is 11.1 Å². The number of nitrogens with zero attached hydrogens (tertiary/aromatic N) is 1. The molecule has 0 aliphatic heterocycles. The minimum absolute atomic E-state index is 0.474. The number of aromatic nitrogens is 1. The molecule has 1 aliphatic carbocycles. The summed E-state index contributed by atoms with van der Waals surface area (Å²) < 4.78 is 0.946. The summed E-state index contributed by atoms with van der Waals surface area (Å²) in [5.74, 6) is 0. The fourth-order valence-corrected chi connectivity index (χ4v) is 2.62. The fraction of sp³-hybridized carbons (Fsp3) is 0.214. The summed E-state index contributed by atoms with van der Waals surface area (Å²) in [6, 6.07) is 6.43. The lowest BCUT2D eigenvalue weighted by molar-refractivity contribution is 0.788. The Morgan fingerprint density at radius 1 is 1.28 bits per heavy atom. The third-order valence-corrected chi connectivity index (χ3v) is 3.65. The Kier molecular flexibility index (Phi) is 2.96. The van der Waals surface area contributed by atoms with Gasteiger partial charge in [-0.05, 0) is 47.0 Å². The van der Waals surface area contributed by atoms with Crippen LogP contribution in [0.1, 0.15) is 12.8 Å². The summed E-state index contributed by atoms with van der Waals surface area (Å²) in [7, 11) is 0. The van der Waals surface area contributed by atoms with Gasteiger partial charge in [0, 0.05) is 27.8 Å². The third kappa shape index (κ3) is 2.08. The predicted molar refractivity (Wildman–Crippen MR) is 79.6 cm³/mol. The highest BCUT2D eigenvalue weighted by Crippen LogP contribution is 2.30. The van der Waals surface area contributed by atoms with E-state index in [1.165, 1.54) is 0 Å². The zero-order valence-corrected chi connectivity index (χ0v) is 11.4. The summed E-state index contributed by atoms with van der Waals surface area (Å²) in [5, 5.41) is 4.52. The van der Waals surface area contributed by atoms with Crippen LogP contribution in [0.15, 0.2) is 41.0 Å². The molecule has 1 aliphatic rings. The first-order valence-corrected chi connectivity index (χ1v) is 6.78. The average Bonchev–Trinajstić information content (AvgIpc) is 2.86. The van der Waals surface area contributed by atoms with Gasteiger partial charge in [0.05, 0.1) is 11.2 Å². The van der Waals surface area contributed by atoms with E-state index in [1.54, 1.807) is 6.20 Å². The molecule has 0 fully saturated rings. The van der Waals surface area contributed by atoms with Crippen molar-refractivity contribution in [3.05, 3.63) is 41.0 Å². The van der Waals surface area contributed by atoms with Crippen LogP contribution in [0.4, 0.5) is 11.4 Å². The van der Waals surface area contributed by atoms with Crippen LogP contribution in [0.25, 0.3) is 10.9 Å². The first kappa shape index (κ1) is 11.5. The molecular formula is C14H14BrN3. The topological polar surface area (TPSA) is 50.9 Å². The summed E-state index contributed by atoms with van der Waals surface area (Å²) >= 11 is 3.43. The highest BCUT2D eigenvalue weighted by molar-refractivity contribution is 9.10. The van der Waals surface area contributed by atoms with E-state index < -0.39 is 0 Å². The Bertz CT molecular complexity index is 614. The van der Waals surface area contributed by atoms with Gasteiger partial charge in [-0.1, -0.05) is 12.2 Å². The maximum atomic E-state index is 6.00. The molecule has 2 aromatic rings. The van der Waals surface area contributed by atoms with Crippen molar-refractivity contribution < 1.29 is 0 Å². The average molecular weight is 304 g/mol. The normalized spacial score (nSPS) is 15.4. The molecule has 1 heterocycles. The van der Waals surface area contributed by atoms with Gasteiger partial charge in [0.1, 0.15) is 0 Å². The van der Waals surface area contributed by atoms with Crippen molar-refractivity contribution in [2.75, 3.05) is 11.1 Å². The maximum Gasteiger partial charge on any atom is 0.0954 e. The van der Waals surface area contributed by atoms with Gasteiger partial charge in [-0.25, -0.2) is 0 Å². The molecule has 18 heavy (non-hydrogen) atoms. The van der Waals surface area contributed by atoms with Crippen molar-refractivity contribution in [3.63, 3.8) is 0 Å². The van der Waals surface area contributed by atoms with E-state index in [0.29, 0.717) is 6.04 Å². The molecule has 3 nitrogen and oxygen atoms in total. The van der Waals surface area contributed by atoms with Crippen LogP contribution in [0.5, 0.6) is 0 Å². The second-order valence-electron chi connectivity index (χ2n) is 4.54. The summed E-state index contributed by atoms with van der Waals surface area (Å²) in [6.07, 6.45) is 8.37. The summed E-state index contributed by atoms with van der Waals surface area (Å²) in [6.45, 7) is 0. The smallest absolute Gasteiger partial charge is 0.0954 e. The van der Waals surface area contributed by atoms with Gasteiger partial charge < -0.3 is 11.1 Å². The molecule has 0 atom stereocenters. The van der Waals surface area contributed by atoms with Crippen molar-refractivity contribution in [2.45, 2.75) is 18.9 Å². The maximum absolute atomic E-state index is 6.00. The third-order valence-electron chi connectivity index (χ3n) is 3.22. The van der Waals surface area contributed by atoms with Crippen LogP contribution in [0.2, 0.25) is 0 Å². The van der Waals surface area contributed by atoms with Crippen LogP contribution in [-0.2, 0) is 0 Å². The SMILES string of the molecule is Nc1ccc(NC2CC=CC2)c2ncc(Br)cc12. The van der Waals surface area contributed by atoms with Gasteiger partial charge in [0.2, 0.25) is 0 Å². The number of halogens is 1. The highest BCUT2D eigenvalue weighted by Gasteiger charge is 2.12. The van der Waals surface area contributed by atoms with E-state index in [9.17, 15) is 0 Å². The van der Waals surface area contributed by atoms with E-state index in [2.05, 4.69) is 38.4 Å². The molecule has 0 bridgehead atoms. The monoisotopic (exact) mass is 303 g/mol. The standard InChI is InChI=1S/C14H14BrN3/c15-9-7-11-12(16)5-6-13(14(11)17-8-9)18-10-3-1-2-4-10/h1-2,5-8,10,18H,3-4,16H2. The molecule has 0 amide bonds. The molecule has 0 unspecified atom stereocenters. The lowest BCUT2D eigenvalue weighted by atomic mass is 10.1. The Morgan fingerprint density at radius 3 is 2.83 bits per heavy atom. The second-order valence-corrected chi connectivity index (χ2v) is 5.45. The zero-order valence-electron chi connectivity index (χ0n) is 9.86. The van der Waals surface area contributed by atoms with Crippen molar-refractivity contribution in [3.8, 4) is 0 Å². The Hall–Kier alpha value is -1.55. The van der Waals surface area contributed by atoms with Gasteiger partial charge in [0.15, 0.2) is 0 Å². The van der Waals surface area contributed by atoms with Gasteiger partial charge in [-0.15, -0.1) is 0 Å². The molecule has 3 rings (SSSR count). The number of nitrogen functional groups attached to an aromatic ring is 1. The van der Waals surface area contributed by atoms with E-state index in [4.69, 9.17) is 5.73 Å². The summed E-state index contributed by atoms with van der Waals surface area (Å²) in [5.41, 5.74) is 8.75. The minimum atomic E-state index is 0.474. The minimum Gasteiger partial charge on any atom is -0.398 e. The molecule has 4 heteroatoms. The Morgan fingerprint density at radius 2 is 2.06 bits per heavy atom. The van der Waals surface area contributed by atoms with Gasteiger partial charge in [-0.3, -0.25) is 4.98 Å². The number of hydrogen-bond acceptors (Lipinski definition) is 3. The first-order valence-electron chi connectivity index (χ1n) is 5.99. The fourth-order valence-electron chi connectivity index (χ4n) is 2.29.